The first-order chi connectivity index (χ1) is 7.08. The molecular formula is C13H27NSi. The smallest absolute Gasteiger partial charge is 0.0682 e. The molecule has 1 N–H and O–H groups in total. The summed E-state index contributed by atoms with van der Waals surface area (Å²) in [7, 11) is -0.936. The van der Waals surface area contributed by atoms with E-state index in [4.69, 9.17) is 0 Å². The van der Waals surface area contributed by atoms with E-state index in [0.717, 1.165) is 6.04 Å². The second-order valence-corrected chi connectivity index (χ2v) is 10.9. The van der Waals surface area contributed by atoms with Crippen LogP contribution in [-0.2, 0) is 0 Å². The van der Waals surface area contributed by atoms with Crippen molar-refractivity contribution in [2.75, 3.05) is 6.54 Å². The van der Waals surface area contributed by atoms with Gasteiger partial charge in [-0.2, -0.15) is 0 Å². The predicted molar refractivity (Wildman–Crippen MR) is 72.0 cm³/mol. The summed E-state index contributed by atoms with van der Waals surface area (Å²) in [5.74, 6) is 0. The van der Waals surface area contributed by atoms with Crippen molar-refractivity contribution >= 4 is 8.07 Å². The van der Waals surface area contributed by atoms with E-state index in [1.54, 1.807) is 0 Å². The third-order valence-electron chi connectivity index (χ3n) is 2.95. The lowest BCUT2D eigenvalue weighted by Crippen LogP contribution is -2.20. The van der Waals surface area contributed by atoms with Gasteiger partial charge < -0.3 is 5.32 Å². The summed E-state index contributed by atoms with van der Waals surface area (Å²) in [6.07, 6.45) is 10.7. The Kier molecular flexibility index (Phi) is 5.62. The number of hydrogen-bond acceptors (Lipinski definition) is 1. The molecule has 0 saturated carbocycles. The minimum atomic E-state index is -0.936. The van der Waals surface area contributed by atoms with E-state index in [-0.39, 0.29) is 0 Å². The topological polar surface area (TPSA) is 12.0 Å². The maximum Gasteiger partial charge on any atom is 0.0682 e. The zero-order valence-electron chi connectivity index (χ0n) is 10.7. The first-order valence-electron chi connectivity index (χ1n) is 6.49. The van der Waals surface area contributed by atoms with E-state index >= 15 is 0 Å². The Labute approximate surface area is 96.4 Å². The summed E-state index contributed by atoms with van der Waals surface area (Å²) in [6, 6.07) is 0.839. The predicted octanol–water partition coefficient (Wildman–Crippen LogP) is 3.73. The lowest BCUT2D eigenvalue weighted by Gasteiger charge is -2.09. The Morgan fingerprint density at radius 3 is 2.67 bits per heavy atom. The molecule has 2 heteroatoms. The van der Waals surface area contributed by atoms with Crippen molar-refractivity contribution in [3.05, 3.63) is 11.8 Å². The van der Waals surface area contributed by atoms with Crippen LogP contribution >= 0.6 is 0 Å². The molecule has 0 spiro atoms. The molecule has 0 bridgehead atoms. The average molecular weight is 225 g/mol. The van der Waals surface area contributed by atoms with Gasteiger partial charge in [0, 0.05) is 6.04 Å². The lowest BCUT2D eigenvalue weighted by atomic mass is 10.1. The van der Waals surface area contributed by atoms with Crippen molar-refractivity contribution in [1.82, 2.24) is 5.32 Å². The summed E-state index contributed by atoms with van der Waals surface area (Å²) >= 11 is 0. The molecule has 0 amide bonds. The molecule has 0 aromatic carbocycles. The van der Waals surface area contributed by atoms with Crippen molar-refractivity contribution in [3.8, 4) is 0 Å². The van der Waals surface area contributed by atoms with E-state index in [9.17, 15) is 0 Å². The zero-order valence-corrected chi connectivity index (χ0v) is 11.7. The molecule has 0 aromatic rings. The molecule has 1 aliphatic rings. The molecule has 1 atom stereocenters. The molecule has 0 aliphatic carbocycles. The van der Waals surface area contributed by atoms with Crippen LogP contribution in [0.15, 0.2) is 11.8 Å². The summed E-state index contributed by atoms with van der Waals surface area (Å²) in [6.45, 7) is 8.43. The Morgan fingerprint density at radius 2 is 2.07 bits per heavy atom. The fourth-order valence-electron chi connectivity index (χ4n) is 2.09. The van der Waals surface area contributed by atoms with Crippen LogP contribution in [0.2, 0.25) is 19.6 Å². The van der Waals surface area contributed by atoms with Crippen molar-refractivity contribution in [3.63, 3.8) is 0 Å². The van der Waals surface area contributed by atoms with Gasteiger partial charge in [-0.1, -0.05) is 37.8 Å². The Hall–Kier alpha value is -0.0831. The second kappa shape index (κ2) is 6.49. The van der Waals surface area contributed by atoms with E-state index < -0.39 is 8.07 Å². The van der Waals surface area contributed by atoms with E-state index in [1.165, 1.54) is 45.1 Å². The highest BCUT2D eigenvalue weighted by atomic mass is 28.3. The van der Waals surface area contributed by atoms with Crippen LogP contribution in [0.1, 0.15) is 38.5 Å². The van der Waals surface area contributed by atoms with Crippen LogP contribution in [0.4, 0.5) is 0 Å². The van der Waals surface area contributed by atoms with E-state index in [0.29, 0.717) is 0 Å². The van der Waals surface area contributed by atoms with Gasteiger partial charge in [0.05, 0.1) is 8.07 Å². The van der Waals surface area contributed by atoms with Crippen molar-refractivity contribution in [2.45, 2.75) is 64.2 Å². The van der Waals surface area contributed by atoms with Gasteiger partial charge in [0.15, 0.2) is 0 Å². The Bertz CT molecular complexity index is 187. The van der Waals surface area contributed by atoms with Gasteiger partial charge in [0.1, 0.15) is 0 Å². The highest BCUT2D eigenvalue weighted by Gasteiger charge is 2.12. The van der Waals surface area contributed by atoms with Gasteiger partial charge >= 0.3 is 0 Å². The fourth-order valence-corrected chi connectivity index (χ4v) is 2.97. The minimum absolute atomic E-state index is 0.839. The summed E-state index contributed by atoms with van der Waals surface area (Å²) in [5, 5.41) is 3.56. The number of hydrogen-bond donors (Lipinski definition) is 1. The third-order valence-corrected chi connectivity index (χ3v) is 4.19. The van der Waals surface area contributed by atoms with Crippen molar-refractivity contribution < 1.29 is 0 Å². The van der Waals surface area contributed by atoms with Gasteiger partial charge in [-0.15, -0.1) is 0 Å². The third kappa shape index (κ3) is 6.91. The second-order valence-electron chi connectivity index (χ2n) is 5.85. The molecule has 1 nitrogen and oxygen atoms in total. The normalized spacial score (nSPS) is 22.7. The SMILES string of the molecule is C[Si](C)(C)/C=C/CCCCC1CCCN1. The highest BCUT2D eigenvalue weighted by Crippen LogP contribution is 2.13. The number of unbranched alkanes of at least 4 members (excludes halogenated alkanes) is 2. The van der Waals surface area contributed by atoms with E-state index in [1.807, 2.05) is 0 Å². The van der Waals surface area contributed by atoms with Crippen LogP contribution in [-0.4, -0.2) is 20.7 Å². The maximum atomic E-state index is 3.56. The van der Waals surface area contributed by atoms with Crippen molar-refractivity contribution in [2.24, 2.45) is 0 Å². The Morgan fingerprint density at radius 1 is 1.27 bits per heavy atom. The van der Waals surface area contributed by atoms with Crippen LogP contribution in [0.25, 0.3) is 0 Å². The lowest BCUT2D eigenvalue weighted by molar-refractivity contribution is 0.524. The summed E-state index contributed by atoms with van der Waals surface area (Å²) in [5.41, 5.74) is 2.47. The van der Waals surface area contributed by atoms with Gasteiger partial charge in [-0.3, -0.25) is 0 Å². The van der Waals surface area contributed by atoms with Gasteiger partial charge in [0.2, 0.25) is 0 Å². The first-order valence-corrected chi connectivity index (χ1v) is 10.1. The largest absolute Gasteiger partial charge is 0.314 e. The maximum absolute atomic E-state index is 3.56. The zero-order chi connectivity index (χ0) is 11.1. The van der Waals surface area contributed by atoms with Gasteiger partial charge in [0.25, 0.3) is 0 Å². The molecule has 88 valence electrons. The van der Waals surface area contributed by atoms with Crippen molar-refractivity contribution in [1.29, 1.82) is 0 Å². The quantitative estimate of drug-likeness (QED) is 0.536. The Balaban J connectivity index is 1.95. The molecule has 1 rings (SSSR count). The fraction of sp³-hybridized carbons (Fsp3) is 0.846. The molecular weight excluding hydrogens is 198 g/mol. The molecule has 1 aliphatic heterocycles. The molecule has 1 heterocycles. The summed E-state index contributed by atoms with van der Waals surface area (Å²) in [4.78, 5) is 0. The van der Waals surface area contributed by atoms with Crippen LogP contribution < -0.4 is 5.32 Å². The number of allylic oxidation sites excluding steroid dienone is 1. The van der Waals surface area contributed by atoms with Crippen LogP contribution in [0.3, 0.4) is 0 Å². The first kappa shape index (κ1) is 13.0. The monoisotopic (exact) mass is 225 g/mol. The summed E-state index contributed by atoms with van der Waals surface area (Å²) < 4.78 is 0. The number of nitrogens with one attached hydrogen (secondary N) is 1. The minimum Gasteiger partial charge on any atom is -0.314 e. The molecule has 1 saturated heterocycles. The van der Waals surface area contributed by atoms with Crippen LogP contribution in [0.5, 0.6) is 0 Å². The van der Waals surface area contributed by atoms with Crippen LogP contribution in [0, 0.1) is 0 Å². The van der Waals surface area contributed by atoms with Gasteiger partial charge in [-0.05, 0) is 38.6 Å². The van der Waals surface area contributed by atoms with E-state index in [2.05, 4.69) is 36.7 Å². The average Bonchev–Trinajstić information content (AvgIpc) is 2.61. The molecule has 1 fully saturated rings. The highest BCUT2D eigenvalue weighted by molar-refractivity contribution is 6.80. The standard InChI is InChI=1S/C13H27NSi/c1-15(2,3)12-7-5-4-6-9-13-10-8-11-14-13/h7,12-14H,4-6,8-11H2,1-3H3/b12-7+. The molecule has 1 unspecified atom stereocenters. The van der Waals surface area contributed by atoms with Gasteiger partial charge in [-0.25, -0.2) is 0 Å². The molecule has 0 aromatic heterocycles. The molecule has 15 heavy (non-hydrogen) atoms. The number of rotatable bonds is 6. The molecule has 0 radical (unpaired) electrons.